The molecule has 0 aliphatic carbocycles. The lowest BCUT2D eigenvalue weighted by Crippen LogP contribution is -2.60. The molecule has 3 aromatic carbocycles. The summed E-state index contributed by atoms with van der Waals surface area (Å²) in [4.78, 5) is 26.3. The fourth-order valence-electron chi connectivity index (χ4n) is 6.98. The number of nitrogens with zero attached hydrogens (tertiary/aromatic N) is 1. The zero-order valence-corrected chi connectivity index (χ0v) is 33.5. The van der Waals surface area contributed by atoms with Gasteiger partial charge in [0.15, 0.2) is 0 Å². The van der Waals surface area contributed by atoms with Crippen molar-refractivity contribution in [2.75, 3.05) is 13.2 Å². The van der Waals surface area contributed by atoms with E-state index in [4.69, 9.17) is 23.0 Å². The Kier molecular flexibility index (Phi) is 15.5. The molecule has 4 rings (SSSR count). The topological polar surface area (TPSA) is 121 Å². The largest absolute Gasteiger partial charge is 0.587 e. The second-order valence-electron chi connectivity index (χ2n) is 15.5. The zero-order valence-electron chi connectivity index (χ0n) is 32.6. The van der Waals surface area contributed by atoms with Crippen LogP contribution in [0.1, 0.15) is 104 Å². The lowest BCUT2D eigenvalue weighted by Gasteiger charge is -2.50. The van der Waals surface area contributed by atoms with Crippen LogP contribution in [0.2, 0.25) is 0 Å². The number of phosphoric acid groups is 1. The molecule has 1 saturated heterocycles. The van der Waals surface area contributed by atoms with Gasteiger partial charge < -0.3 is 23.7 Å². The van der Waals surface area contributed by atoms with E-state index in [-0.39, 0.29) is 37.2 Å². The van der Waals surface area contributed by atoms with E-state index in [1.54, 1.807) is 48.5 Å². The standard InChI is InChI=1S/C43H58NO9P/c1-7-43(6,40(46)49-29-30-50-54(48,52-36-24-16-11-17-25-36)53-37-26-18-12-19-27-37)31-35(34-21-14-10-15-22-34)23-13-8-9-20-28-39(45)51-38-32-41(2,3)44(47)42(4,5)33-38/h8,10-19,21-22,24-27,35,38,47H,7,9,20,23,28-33H2,1-6H3/b13-8+. The molecule has 0 amide bonds. The molecule has 11 heteroatoms. The highest BCUT2D eigenvalue weighted by atomic mass is 31.2. The van der Waals surface area contributed by atoms with Crippen LogP contribution >= 0.6 is 7.82 Å². The van der Waals surface area contributed by atoms with Crippen molar-refractivity contribution in [1.29, 1.82) is 0 Å². The van der Waals surface area contributed by atoms with Crippen LogP contribution in [0.3, 0.4) is 0 Å². The summed E-state index contributed by atoms with van der Waals surface area (Å²) in [5.41, 5.74) is -0.631. The number of rotatable bonds is 20. The highest BCUT2D eigenvalue weighted by Gasteiger charge is 2.46. The minimum Gasteiger partial charge on any atom is -0.463 e. The first-order valence-electron chi connectivity index (χ1n) is 18.9. The van der Waals surface area contributed by atoms with Gasteiger partial charge >= 0.3 is 19.8 Å². The first kappa shape index (κ1) is 42.8. The Morgan fingerprint density at radius 3 is 1.94 bits per heavy atom. The van der Waals surface area contributed by atoms with Crippen LogP contribution in [0.15, 0.2) is 103 Å². The van der Waals surface area contributed by atoms with Gasteiger partial charge in [-0.15, -0.1) is 0 Å². The second-order valence-corrected chi connectivity index (χ2v) is 17.0. The molecular formula is C43H58NO9P. The molecule has 0 saturated carbocycles. The Balaban J connectivity index is 1.28. The average Bonchev–Trinajstić information content (AvgIpc) is 3.14. The van der Waals surface area contributed by atoms with Crippen molar-refractivity contribution in [2.24, 2.45) is 5.41 Å². The second kappa shape index (κ2) is 19.6. The third-order valence-corrected chi connectivity index (χ3v) is 11.3. The zero-order chi connectivity index (χ0) is 39.2. The molecular weight excluding hydrogens is 705 g/mol. The molecule has 0 spiro atoms. The number of para-hydroxylation sites is 2. The van der Waals surface area contributed by atoms with Gasteiger partial charge in [0.2, 0.25) is 0 Å². The fourth-order valence-corrected chi connectivity index (χ4v) is 8.18. The van der Waals surface area contributed by atoms with Crippen molar-refractivity contribution in [1.82, 2.24) is 5.06 Å². The number of hydroxylamine groups is 2. The van der Waals surface area contributed by atoms with Crippen molar-refractivity contribution in [3.05, 3.63) is 109 Å². The van der Waals surface area contributed by atoms with Gasteiger partial charge in [-0.1, -0.05) is 85.8 Å². The van der Waals surface area contributed by atoms with Crippen molar-refractivity contribution in [2.45, 2.75) is 116 Å². The summed E-state index contributed by atoms with van der Waals surface area (Å²) < 4.78 is 42.1. The van der Waals surface area contributed by atoms with Crippen LogP contribution in [-0.4, -0.2) is 52.6 Å². The molecule has 0 aromatic heterocycles. The number of benzene rings is 3. The molecule has 10 nitrogen and oxygen atoms in total. The van der Waals surface area contributed by atoms with Gasteiger partial charge in [0.05, 0.1) is 12.0 Å². The van der Waals surface area contributed by atoms with Gasteiger partial charge in [-0.2, -0.15) is 5.06 Å². The lowest BCUT2D eigenvalue weighted by atomic mass is 9.75. The minimum atomic E-state index is -4.11. The van der Waals surface area contributed by atoms with Crippen LogP contribution in [-0.2, 0) is 28.2 Å². The Hall–Kier alpha value is -3.95. The number of carbonyl (C=O) groups excluding carboxylic acids is 2. The number of allylic oxidation sites excluding steroid dienone is 2. The predicted octanol–water partition coefficient (Wildman–Crippen LogP) is 10.5. The van der Waals surface area contributed by atoms with Crippen LogP contribution < -0.4 is 9.05 Å². The van der Waals surface area contributed by atoms with E-state index >= 15 is 0 Å². The van der Waals surface area contributed by atoms with Gasteiger partial charge in [0.1, 0.15) is 24.2 Å². The van der Waals surface area contributed by atoms with E-state index in [0.717, 1.165) is 12.0 Å². The summed E-state index contributed by atoms with van der Waals surface area (Å²) >= 11 is 0. The van der Waals surface area contributed by atoms with E-state index in [9.17, 15) is 19.4 Å². The van der Waals surface area contributed by atoms with Gasteiger partial charge in [0, 0.05) is 30.3 Å². The van der Waals surface area contributed by atoms with Crippen molar-refractivity contribution in [3.63, 3.8) is 0 Å². The number of hydrogen-bond acceptors (Lipinski definition) is 10. The number of piperidine rings is 1. The maximum Gasteiger partial charge on any atom is 0.587 e. The summed E-state index contributed by atoms with van der Waals surface area (Å²) in [6.07, 6.45) is 8.66. The number of hydrogen-bond donors (Lipinski definition) is 1. The third-order valence-electron chi connectivity index (χ3n) is 9.97. The molecule has 0 radical (unpaired) electrons. The lowest BCUT2D eigenvalue weighted by molar-refractivity contribution is -0.259. The Bertz CT molecular complexity index is 1620. The average molecular weight is 764 g/mol. The predicted molar refractivity (Wildman–Crippen MR) is 209 cm³/mol. The summed E-state index contributed by atoms with van der Waals surface area (Å²) in [7, 11) is -4.11. The molecule has 54 heavy (non-hydrogen) atoms. The first-order valence-corrected chi connectivity index (χ1v) is 20.4. The van der Waals surface area contributed by atoms with Crippen LogP contribution in [0.25, 0.3) is 0 Å². The Labute approximate surface area is 321 Å². The highest BCUT2D eigenvalue weighted by molar-refractivity contribution is 7.49. The number of esters is 2. The Morgan fingerprint density at radius 2 is 1.41 bits per heavy atom. The van der Waals surface area contributed by atoms with Gasteiger partial charge in [-0.3, -0.25) is 14.1 Å². The van der Waals surface area contributed by atoms with Crippen LogP contribution in [0.4, 0.5) is 0 Å². The van der Waals surface area contributed by atoms with Gasteiger partial charge in [-0.05, 0) is 102 Å². The van der Waals surface area contributed by atoms with Crippen molar-refractivity contribution < 1.29 is 42.4 Å². The molecule has 2 unspecified atom stereocenters. The maximum absolute atomic E-state index is 13.6. The summed E-state index contributed by atoms with van der Waals surface area (Å²) in [5.74, 6) is 0.103. The maximum atomic E-state index is 13.6. The van der Waals surface area contributed by atoms with Gasteiger partial charge in [0.25, 0.3) is 0 Å². The molecule has 294 valence electrons. The van der Waals surface area contributed by atoms with Crippen LogP contribution in [0.5, 0.6) is 11.5 Å². The van der Waals surface area contributed by atoms with Crippen LogP contribution in [0, 0.1) is 5.41 Å². The van der Waals surface area contributed by atoms with E-state index in [2.05, 4.69) is 24.3 Å². The number of carbonyl (C=O) groups is 2. The van der Waals surface area contributed by atoms with E-state index in [0.29, 0.717) is 56.4 Å². The summed E-state index contributed by atoms with van der Waals surface area (Å²) in [6.45, 7) is 11.4. The minimum absolute atomic E-state index is 0.0454. The quantitative estimate of drug-likeness (QED) is 0.0515. The Morgan fingerprint density at radius 1 is 0.870 bits per heavy atom. The fraction of sp³-hybridized carbons (Fsp3) is 0.488. The molecule has 1 aliphatic rings. The monoisotopic (exact) mass is 763 g/mol. The highest BCUT2D eigenvalue weighted by Crippen LogP contribution is 2.49. The molecule has 0 bridgehead atoms. The SMILES string of the molecule is CCC(C)(CC(C/C=C/CCCC(=O)OC1CC(C)(C)N(O)C(C)(C)C1)c1ccccc1)C(=O)OCCOP(=O)(Oc1ccccc1)Oc1ccccc1. The number of unbranched alkanes of at least 4 members (excludes halogenated alkanes) is 1. The number of ether oxygens (including phenoxy) is 2. The van der Waals surface area contributed by atoms with E-state index in [1.807, 2.05) is 71.9 Å². The molecule has 1 aliphatic heterocycles. The molecule has 2 atom stereocenters. The smallest absolute Gasteiger partial charge is 0.463 e. The third kappa shape index (κ3) is 12.8. The number of phosphoric ester groups is 1. The normalized spacial score (nSPS) is 17.7. The van der Waals surface area contributed by atoms with Gasteiger partial charge in [-0.25, -0.2) is 4.57 Å². The molecule has 1 heterocycles. The van der Waals surface area contributed by atoms with E-state index < -0.39 is 24.3 Å². The molecule has 1 fully saturated rings. The molecule has 1 N–H and O–H groups in total. The van der Waals surface area contributed by atoms with Crippen molar-refractivity contribution in [3.8, 4) is 11.5 Å². The van der Waals surface area contributed by atoms with Crippen molar-refractivity contribution >= 4 is 19.8 Å². The molecule has 3 aromatic rings. The first-order chi connectivity index (χ1) is 25.6. The van der Waals surface area contributed by atoms with E-state index in [1.165, 1.54) is 5.06 Å². The summed E-state index contributed by atoms with van der Waals surface area (Å²) in [6, 6.07) is 27.3. The summed E-state index contributed by atoms with van der Waals surface area (Å²) in [5, 5.41) is 11.9.